The van der Waals surface area contributed by atoms with Crippen LogP contribution >= 0.6 is 0 Å². The second-order valence-corrected chi connectivity index (χ2v) is 3.26. The second kappa shape index (κ2) is 3.62. The molecule has 14 heavy (non-hydrogen) atoms. The maximum atomic E-state index is 12.6. The molecule has 2 aromatic rings. The van der Waals surface area contributed by atoms with Crippen LogP contribution in [0.25, 0.3) is 0 Å². The Morgan fingerprint density at radius 2 is 2.07 bits per heavy atom. The van der Waals surface area contributed by atoms with Crippen molar-refractivity contribution in [3.63, 3.8) is 0 Å². The first-order valence-corrected chi connectivity index (χ1v) is 4.42. The minimum atomic E-state index is -0.198. The topological polar surface area (TPSA) is 8.81 Å². The fourth-order valence-corrected chi connectivity index (χ4v) is 1.32. The lowest BCUT2D eigenvalue weighted by Crippen LogP contribution is -2.32. The molecule has 0 fully saturated rings. The molecular weight excluding hydrogens is 179 g/mol. The molecular formula is C11H11FN2. The van der Waals surface area contributed by atoms with Crippen molar-refractivity contribution < 1.29 is 8.96 Å². The third-order valence-corrected chi connectivity index (χ3v) is 2.02. The molecule has 0 amide bonds. The van der Waals surface area contributed by atoms with Gasteiger partial charge >= 0.3 is 0 Å². The zero-order valence-corrected chi connectivity index (χ0v) is 7.94. The van der Waals surface area contributed by atoms with E-state index in [1.165, 1.54) is 12.1 Å². The summed E-state index contributed by atoms with van der Waals surface area (Å²) < 4.78 is 16.4. The Bertz CT molecular complexity index is 417. The lowest BCUT2D eigenvalue weighted by Gasteiger charge is -2.00. The Labute approximate surface area is 82.2 Å². The molecule has 1 aromatic carbocycles. The van der Waals surface area contributed by atoms with E-state index in [-0.39, 0.29) is 5.82 Å². The summed E-state index contributed by atoms with van der Waals surface area (Å²) in [6.07, 6.45) is 6.93. The van der Waals surface area contributed by atoms with Crippen LogP contribution in [0.4, 0.5) is 4.39 Å². The van der Waals surface area contributed by atoms with Crippen LogP contribution in [-0.4, -0.2) is 4.57 Å². The Morgan fingerprint density at radius 1 is 1.36 bits per heavy atom. The average Bonchev–Trinajstić information content (AvgIpc) is 2.56. The summed E-state index contributed by atoms with van der Waals surface area (Å²) in [5.41, 5.74) is 1.07. The second-order valence-electron chi connectivity index (χ2n) is 3.26. The average molecular weight is 190 g/mol. The Hall–Kier alpha value is -1.64. The summed E-state index contributed by atoms with van der Waals surface area (Å²) in [6.45, 7) is 0.723. The molecule has 1 heterocycles. The van der Waals surface area contributed by atoms with E-state index in [0.717, 1.165) is 12.1 Å². The molecule has 2 rings (SSSR count). The van der Waals surface area contributed by atoms with Crippen LogP contribution in [-0.2, 0) is 13.6 Å². The smallest absolute Gasteiger partial charge is 0.203 e. The maximum absolute atomic E-state index is 12.6. The van der Waals surface area contributed by atoms with Gasteiger partial charge in [-0.3, -0.25) is 0 Å². The first-order chi connectivity index (χ1) is 6.74. The highest BCUT2D eigenvalue weighted by Crippen LogP contribution is 2.01. The van der Waals surface area contributed by atoms with E-state index in [1.54, 1.807) is 12.1 Å². The van der Waals surface area contributed by atoms with Gasteiger partial charge in [-0.05, 0) is 30.1 Å². The minimum absolute atomic E-state index is 0.198. The number of halogens is 1. The number of aryl methyl sites for hydroxylation is 1. The van der Waals surface area contributed by atoms with Gasteiger partial charge in [0, 0.05) is 0 Å². The number of hydrogen-bond donors (Lipinski definition) is 0. The van der Waals surface area contributed by atoms with E-state index in [9.17, 15) is 4.39 Å². The van der Waals surface area contributed by atoms with Crippen LogP contribution in [0.5, 0.6) is 0 Å². The normalized spacial score (nSPS) is 10.4. The van der Waals surface area contributed by atoms with Gasteiger partial charge in [-0.25, -0.2) is 4.39 Å². The van der Waals surface area contributed by atoms with Crippen LogP contribution in [0.15, 0.2) is 36.7 Å². The minimum Gasteiger partial charge on any atom is -0.354 e. The standard InChI is InChI=1S/C11H11FN2/c1-13-6-7-14(9-13)8-10-2-4-11(12)5-3-10/h2-7H,8H2,1H3. The van der Waals surface area contributed by atoms with Crippen molar-refractivity contribution in [3.8, 4) is 0 Å². The molecule has 2 nitrogen and oxygen atoms in total. The summed E-state index contributed by atoms with van der Waals surface area (Å²) in [7, 11) is 1.92. The van der Waals surface area contributed by atoms with Crippen LogP contribution < -0.4 is 4.57 Å². The van der Waals surface area contributed by atoms with Crippen molar-refractivity contribution in [1.29, 1.82) is 0 Å². The first-order valence-electron chi connectivity index (χ1n) is 4.42. The number of nitrogens with zero attached hydrogens (tertiary/aromatic N) is 2. The van der Waals surface area contributed by atoms with Crippen molar-refractivity contribution in [2.45, 2.75) is 6.54 Å². The summed E-state index contributed by atoms with van der Waals surface area (Å²) in [4.78, 5) is 0. The molecule has 0 saturated carbocycles. The summed E-state index contributed by atoms with van der Waals surface area (Å²) in [5.74, 6) is -0.198. The molecule has 0 aliphatic rings. The predicted octanol–water partition coefficient (Wildman–Crippen LogP) is 1.30. The molecule has 0 atom stereocenters. The SMILES string of the molecule is Cn1[c-][n+](Cc2ccc(F)cc2)cc1. The van der Waals surface area contributed by atoms with E-state index in [4.69, 9.17) is 0 Å². The molecule has 0 aliphatic carbocycles. The third kappa shape index (κ3) is 1.99. The van der Waals surface area contributed by atoms with Gasteiger partial charge in [0.2, 0.25) is 6.33 Å². The molecule has 0 unspecified atom stereocenters. The molecule has 1 aromatic heterocycles. The maximum Gasteiger partial charge on any atom is 0.203 e. The van der Waals surface area contributed by atoms with Crippen LogP contribution in [0, 0.1) is 12.1 Å². The zero-order valence-electron chi connectivity index (χ0n) is 7.94. The highest BCUT2D eigenvalue weighted by Gasteiger charge is 1.96. The number of hydrogen-bond acceptors (Lipinski definition) is 0. The monoisotopic (exact) mass is 190 g/mol. The summed E-state index contributed by atoms with van der Waals surface area (Å²) in [6, 6.07) is 6.50. The van der Waals surface area contributed by atoms with Crippen molar-refractivity contribution in [3.05, 3.63) is 54.4 Å². The molecule has 0 radical (unpaired) electrons. The Morgan fingerprint density at radius 3 is 2.64 bits per heavy atom. The zero-order chi connectivity index (χ0) is 9.97. The van der Waals surface area contributed by atoms with E-state index in [0.29, 0.717) is 0 Å². The third-order valence-electron chi connectivity index (χ3n) is 2.02. The van der Waals surface area contributed by atoms with Gasteiger partial charge < -0.3 is 9.13 Å². The highest BCUT2D eigenvalue weighted by atomic mass is 19.1. The number of rotatable bonds is 2. The lowest BCUT2D eigenvalue weighted by atomic mass is 10.2. The molecule has 0 aliphatic heterocycles. The van der Waals surface area contributed by atoms with E-state index < -0.39 is 0 Å². The highest BCUT2D eigenvalue weighted by molar-refractivity contribution is 5.14. The molecule has 0 bridgehead atoms. The fraction of sp³-hybridized carbons (Fsp3) is 0.182. The van der Waals surface area contributed by atoms with Crippen LogP contribution in [0.2, 0.25) is 0 Å². The summed E-state index contributed by atoms with van der Waals surface area (Å²) in [5, 5.41) is 0. The van der Waals surface area contributed by atoms with Crippen molar-refractivity contribution in [2.24, 2.45) is 7.05 Å². The van der Waals surface area contributed by atoms with Gasteiger partial charge in [0.25, 0.3) is 0 Å². The number of aromatic nitrogens is 2. The largest absolute Gasteiger partial charge is 0.354 e. The Kier molecular flexibility index (Phi) is 2.31. The van der Waals surface area contributed by atoms with E-state index in [1.807, 2.05) is 28.6 Å². The van der Waals surface area contributed by atoms with Gasteiger partial charge in [-0.1, -0.05) is 12.1 Å². The van der Waals surface area contributed by atoms with Gasteiger partial charge in [-0.2, -0.15) is 0 Å². The molecule has 0 spiro atoms. The predicted molar refractivity (Wildman–Crippen MR) is 49.9 cm³/mol. The molecule has 0 saturated heterocycles. The first kappa shape index (κ1) is 8.94. The van der Waals surface area contributed by atoms with E-state index in [2.05, 4.69) is 6.33 Å². The molecule has 72 valence electrons. The van der Waals surface area contributed by atoms with Crippen molar-refractivity contribution in [1.82, 2.24) is 4.57 Å². The van der Waals surface area contributed by atoms with Crippen molar-refractivity contribution in [2.75, 3.05) is 0 Å². The van der Waals surface area contributed by atoms with Gasteiger partial charge in [0.05, 0.1) is 13.6 Å². The molecule has 3 heteroatoms. The van der Waals surface area contributed by atoms with E-state index >= 15 is 0 Å². The van der Waals surface area contributed by atoms with Gasteiger partial charge in [0.15, 0.2) is 0 Å². The van der Waals surface area contributed by atoms with Gasteiger partial charge in [-0.15, -0.1) is 0 Å². The molecule has 0 N–H and O–H groups in total. The fourth-order valence-electron chi connectivity index (χ4n) is 1.32. The van der Waals surface area contributed by atoms with Crippen molar-refractivity contribution >= 4 is 0 Å². The van der Waals surface area contributed by atoms with Crippen LogP contribution in [0.3, 0.4) is 0 Å². The Balaban J connectivity index is 2.15. The summed E-state index contributed by atoms with van der Waals surface area (Å²) >= 11 is 0. The number of benzene rings is 1. The number of imidazole rings is 1. The van der Waals surface area contributed by atoms with Gasteiger partial charge in [0.1, 0.15) is 5.82 Å². The quantitative estimate of drug-likeness (QED) is 0.498. The van der Waals surface area contributed by atoms with Crippen LogP contribution in [0.1, 0.15) is 5.56 Å². The lowest BCUT2D eigenvalue weighted by molar-refractivity contribution is -0.691.